The van der Waals surface area contributed by atoms with Crippen molar-refractivity contribution in [2.45, 2.75) is 31.6 Å². The Morgan fingerprint density at radius 2 is 2.06 bits per heavy atom. The van der Waals surface area contributed by atoms with E-state index in [9.17, 15) is 0 Å². The highest BCUT2D eigenvalue weighted by atomic mass is 16.5. The predicted molar refractivity (Wildman–Crippen MR) is 74.0 cm³/mol. The fourth-order valence-corrected chi connectivity index (χ4v) is 3.08. The van der Waals surface area contributed by atoms with Gasteiger partial charge >= 0.3 is 0 Å². The van der Waals surface area contributed by atoms with Crippen LogP contribution in [-0.2, 0) is 0 Å². The van der Waals surface area contributed by atoms with E-state index in [1.165, 1.54) is 37.8 Å². The van der Waals surface area contributed by atoms with Crippen molar-refractivity contribution >= 4 is 0 Å². The Balaban J connectivity index is 2.16. The Kier molecular flexibility index (Phi) is 4.59. The van der Waals surface area contributed by atoms with Gasteiger partial charge in [-0.3, -0.25) is 4.98 Å². The number of hydrogen-bond donors (Lipinski definition) is 0. The van der Waals surface area contributed by atoms with Crippen molar-refractivity contribution in [3.05, 3.63) is 24.0 Å². The minimum Gasteiger partial charge on any atom is -0.495 e. The maximum atomic E-state index is 5.29. The Hall–Kier alpha value is -1.09. The normalized spacial score (nSPS) is 24.2. The topological polar surface area (TPSA) is 25.4 Å². The number of ether oxygens (including phenoxy) is 1. The van der Waals surface area contributed by atoms with Crippen molar-refractivity contribution in [1.29, 1.82) is 0 Å². The molecule has 1 aliphatic carbocycles. The molecule has 0 aliphatic heterocycles. The van der Waals surface area contributed by atoms with Crippen LogP contribution >= 0.6 is 0 Å². The number of pyridine rings is 1. The third-order valence-corrected chi connectivity index (χ3v) is 3.91. The lowest BCUT2D eigenvalue weighted by atomic mass is 9.75. The Labute approximate surface area is 110 Å². The summed E-state index contributed by atoms with van der Waals surface area (Å²) in [5, 5.41) is 0. The Morgan fingerprint density at radius 1 is 1.28 bits per heavy atom. The van der Waals surface area contributed by atoms with Crippen LogP contribution in [0.2, 0.25) is 0 Å². The molecule has 2 atom stereocenters. The number of nitrogens with zero attached hydrogens (tertiary/aromatic N) is 2. The van der Waals surface area contributed by atoms with Crippen molar-refractivity contribution in [2.75, 3.05) is 27.7 Å². The first kappa shape index (κ1) is 13.3. The van der Waals surface area contributed by atoms with Crippen LogP contribution in [0.3, 0.4) is 0 Å². The number of aromatic nitrogens is 1. The molecule has 100 valence electrons. The molecule has 1 heterocycles. The molecule has 1 fully saturated rings. The van der Waals surface area contributed by atoms with Gasteiger partial charge in [-0.25, -0.2) is 0 Å². The molecule has 0 bridgehead atoms. The molecule has 0 N–H and O–H groups in total. The summed E-state index contributed by atoms with van der Waals surface area (Å²) < 4.78 is 5.29. The highest BCUT2D eigenvalue weighted by molar-refractivity contribution is 5.27. The van der Waals surface area contributed by atoms with Gasteiger partial charge in [-0.15, -0.1) is 0 Å². The second kappa shape index (κ2) is 6.19. The minimum atomic E-state index is 0.642. The van der Waals surface area contributed by atoms with Crippen LogP contribution in [0, 0.1) is 5.92 Å². The molecule has 1 aliphatic rings. The molecule has 18 heavy (non-hydrogen) atoms. The van der Waals surface area contributed by atoms with E-state index >= 15 is 0 Å². The Morgan fingerprint density at radius 3 is 2.78 bits per heavy atom. The van der Waals surface area contributed by atoms with Gasteiger partial charge in [0, 0.05) is 12.7 Å². The van der Waals surface area contributed by atoms with Gasteiger partial charge in [0.1, 0.15) is 5.75 Å². The number of hydrogen-bond acceptors (Lipinski definition) is 3. The van der Waals surface area contributed by atoms with Gasteiger partial charge in [0.15, 0.2) is 0 Å². The van der Waals surface area contributed by atoms with Gasteiger partial charge in [0.25, 0.3) is 0 Å². The highest BCUT2D eigenvalue weighted by Gasteiger charge is 2.27. The molecule has 1 aromatic heterocycles. The zero-order chi connectivity index (χ0) is 13.0. The van der Waals surface area contributed by atoms with Gasteiger partial charge in [0.05, 0.1) is 13.3 Å². The molecule has 0 saturated heterocycles. The van der Waals surface area contributed by atoms with Crippen molar-refractivity contribution < 1.29 is 4.74 Å². The Bertz CT molecular complexity index is 379. The zero-order valence-electron chi connectivity index (χ0n) is 11.7. The second-order valence-electron chi connectivity index (χ2n) is 5.57. The molecule has 1 saturated carbocycles. The van der Waals surface area contributed by atoms with E-state index < -0.39 is 0 Å². The van der Waals surface area contributed by atoms with Crippen molar-refractivity contribution in [3.63, 3.8) is 0 Å². The lowest BCUT2D eigenvalue weighted by Crippen LogP contribution is -2.29. The average Bonchev–Trinajstić information content (AvgIpc) is 2.39. The maximum Gasteiger partial charge on any atom is 0.137 e. The van der Waals surface area contributed by atoms with E-state index in [1.54, 1.807) is 13.3 Å². The number of methoxy groups -OCH3 is 1. The third kappa shape index (κ3) is 3.22. The van der Waals surface area contributed by atoms with Crippen LogP contribution in [0.25, 0.3) is 0 Å². The molecule has 2 unspecified atom stereocenters. The van der Waals surface area contributed by atoms with Gasteiger partial charge < -0.3 is 9.64 Å². The van der Waals surface area contributed by atoms with E-state index in [-0.39, 0.29) is 0 Å². The molecule has 3 heteroatoms. The SMILES string of the molecule is COc1cncc(C2CCCCC2CN(C)C)c1. The molecule has 0 amide bonds. The summed E-state index contributed by atoms with van der Waals surface area (Å²) in [5.41, 5.74) is 1.35. The fraction of sp³-hybridized carbons (Fsp3) is 0.667. The van der Waals surface area contributed by atoms with E-state index in [0.29, 0.717) is 5.92 Å². The summed E-state index contributed by atoms with van der Waals surface area (Å²) in [6.45, 7) is 1.17. The molecule has 0 aromatic carbocycles. The maximum absolute atomic E-state index is 5.29. The summed E-state index contributed by atoms with van der Waals surface area (Å²) >= 11 is 0. The van der Waals surface area contributed by atoms with E-state index in [4.69, 9.17) is 4.74 Å². The smallest absolute Gasteiger partial charge is 0.137 e. The summed E-state index contributed by atoms with van der Waals surface area (Å²) in [7, 11) is 6.03. The van der Waals surface area contributed by atoms with Crippen LogP contribution in [0.1, 0.15) is 37.2 Å². The summed E-state index contributed by atoms with van der Waals surface area (Å²) in [6.07, 6.45) is 9.13. The van der Waals surface area contributed by atoms with E-state index in [2.05, 4.69) is 30.0 Å². The van der Waals surface area contributed by atoms with Crippen LogP contribution in [0.5, 0.6) is 5.75 Å². The van der Waals surface area contributed by atoms with E-state index in [0.717, 1.165) is 11.7 Å². The standard InChI is InChI=1S/C15H24N2O/c1-17(2)11-12-6-4-5-7-15(12)13-8-14(18-3)10-16-9-13/h8-10,12,15H,4-7,11H2,1-3H3. The monoisotopic (exact) mass is 248 g/mol. The van der Waals surface area contributed by atoms with Gasteiger partial charge in [0.2, 0.25) is 0 Å². The summed E-state index contributed by atoms with van der Waals surface area (Å²) in [4.78, 5) is 6.61. The lowest BCUT2D eigenvalue weighted by Gasteiger charge is -2.33. The van der Waals surface area contributed by atoms with Gasteiger partial charge in [-0.05, 0) is 50.4 Å². The minimum absolute atomic E-state index is 0.642. The van der Waals surface area contributed by atoms with Crippen molar-refractivity contribution in [3.8, 4) is 5.75 Å². The molecule has 2 rings (SSSR count). The third-order valence-electron chi connectivity index (χ3n) is 3.91. The van der Waals surface area contributed by atoms with Gasteiger partial charge in [-0.2, -0.15) is 0 Å². The lowest BCUT2D eigenvalue weighted by molar-refractivity contribution is 0.233. The molecule has 1 aromatic rings. The summed E-state index contributed by atoms with van der Waals surface area (Å²) in [5.74, 6) is 2.27. The first-order valence-electron chi connectivity index (χ1n) is 6.84. The molecular formula is C15H24N2O. The quantitative estimate of drug-likeness (QED) is 0.819. The predicted octanol–water partition coefficient (Wildman–Crippen LogP) is 2.93. The number of rotatable bonds is 4. The highest BCUT2D eigenvalue weighted by Crippen LogP contribution is 2.38. The van der Waals surface area contributed by atoms with Crippen molar-refractivity contribution in [2.24, 2.45) is 5.92 Å². The molecule has 0 radical (unpaired) electrons. The van der Waals surface area contributed by atoms with Crippen LogP contribution < -0.4 is 4.74 Å². The van der Waals surface area contributed by atoms with E-state index in [1.807, 2.05) is 6.20 Å². The van der Waals surface area contributed by atoms with Gasteiger partial charge in [-0.1, -0.05) is 12.8 Å². The average molecular weight is 248 g/mol. The largest absolute Gasteiger partial charge is 0.495 e. The first-order valence-corrected chi connectivity index (χ1v) is 6.84. The molecule has 3 nitrogen and oxygen atoms in total. The molecule has 0 spiro atoms. The van der Waals surface area contributed by atoms with Crippen LogP contribution in [0.4, 0.5) is 0 Å². The fourth-order valence-electron chi connectivity index (χ4n) is 3.08. The van der Waals surface area contributed by atoms with Crippen LogP contribution in [0.15, 0.2) is 18.5 Å². The second-order valence-corrected chi connectivity index (χ2v) is 5.57. The summed E-state index contributed by atoms with van der Waals surface area (Å²) in [6, 6.07) is 2.16. The van der Waals surface area contributed by atoms with Crippen LogP contribution in [-0.4, -0.2) is 37.6 Å². The first-order chi connectivity index (χ1) is 8.70. The zero-order valence-corrected chi connectivity index (χ0v) is 11.7. The molecular weight excluding hydrogens is 224 g/mol. The van der Waals surface area contributed by atoms with Crippen molar-refractivity contribution in [1.82, 2.24) is 9.88 Å².